The van der Waals surface area contributed by atoms with Crippen molar-refractivity contribution in [2.24, 2.45) is 11.1 Å². The van der Waals surface area contributed by atoms with Crippen molar-refractivity contribution in [1.82, 2.24) is 5.32 Å². The lowest BCUT2D eigenvalue weighted by atomic mass is 9.54. The Hall–Kier alpha value is -0.810. The standard InChI is InChI=1S/C16H22Cl2N2O2/c1-4-22-13-8-16(19,15(13,2)3)14(21)20-9-10-5-6-11(17)7-12(10)18/h5-7,13H,4,8-9,19H2,1-3H3,(H,20,21). The van der Waals surface area contributed by atoms with Gasteiger partial charge in [0, 0.05) is 35.0 Å². The smallest absolute Gasteiger partial charge is 0.241 e. The van der Waals surface area contributed by atoms with Gasteiger partial charge in [-0.3, -0.25) is 4.79 Å². The molecule has 0 heterocycles. The number of benzene rings is 1. The zero-order valence-corrected chi connectivity index (χ0v) is 14.6. The van der Waals surface area contributed by atoms with E-state index in [4.69, 9.17) is 33.7 Å². The molecule has 1 aliphatic carbocycles. The van der Waals surface area contributed by atoms with Crippen LogP contribution in [0.3, 0.4) is 0 Å². The van der Waals surface area contributed by atoms with Crippen LogP contribution < -0.4 is 11.1 Å². The topological polar surface area (TPSA) is 64.3 Å². The van der Waals surface area contributed by atoms with Crippen molar-refractivity contribution in [3.63, 3.8) is 0 Å². The molecular formula is C16H22Cl2N2O2. The fraction of sp³-hybridized carbons (Fsp3) is 0.562. The summed E-state index contributed by atoms with van der Waals surface area (Å²) in [5, 5.41) is 3.96. The summed E-state index contributed by atoms with van der Waals surface area (Å²) in [7, 11) is 0. The number of carbonyl (C=O) groups is 1. The second-order valence-corrected chi connectivity index (χ2v) is 7.10. The predicted octanol–water partition coefficient (Wildman–Crippen LogP) is 3.14. The molecule has 0 radical (unpaired) electrons. The highest BCUT2D eigenvalue weighted by Gasteiger charge is 2.62. The Morgan fingerprint density at radius 1 is 1.45 bits per heavy atom. The van der Waals surface area contributed by atoms with E-state index in [1.165, 1.54) is 0 Å². The van der Waals surface area contributed by atoms with E-state index < -0.39 is 11.0 Å². The summed E-state index contributed by atoms with van der Waals surface area (Å²) in [4.78, 5) is 12.5. The monoisotopic (exact) mass is 344 g/mol. The van der Waals surface area contributed by atoms with E-state index in [0.717, 1.165) is 5.56 Å². The van der Waals surface area contributed by atoms with Crippen molar-refractivity contribution in [2.75, 3.05) is 6.61 Å². The van der Waals surface area contributed by atoms with E-state index in [9.17, 15) is 4.79 Å². The minimum absolute atomic E-state index is 0.00682. The Labute approximate surface area is 141 Å². The molecule has 2 unspecified atom stereocenters. The van der Waals surface area contributed by atoms with E-state index in [2.05, 4.69) is 5.32 Å². The fourth-order valence-corrected chi connectivity index (χ4v) is 3.29. The molecule has 2 atom stereocenters. The SMILES string of the molecule is CCOC1CC(N)(C(=O)NCc2ccc(Cl)cc2Cl)C1(C)C. The first-order chi connectivity index (χ1) is 10.2. The minimum Gasteiger partial charge on any atom is -0.378 e. The van der Waals surface area contributed by atoms with Gasteiger partial charge in [0.05, 0.1) is 6.10 Å². The van der Waals surface area contributed by atoms with Gasteiger partial charge >= 0.3 is 0 Å². The highest BCUT2D eigenvalue weighted by atomic mass is 35.5. The zero-order chi connectivity index (χ0) is 16.5. The average molecular weight is 345 g/mol. The van der Waals surface area contributed by atoms with Crippen molar-refractivity contribution in [1.29, 1.82) is 0 Å². The van der Waals surface area contributed by atoms with Crippen molar-refractivity contribution in [2.45, 2.75) is 45.4 Å². The van der Waals surface area contributed by atoms with Crippen LogP contribution in [0.2, 0.25) is 10.0 Å². The van der Waals surface area contributed by atoms with Gasteiger partial charge < -0.3 is 15.8 Å². The van der Waals surface area contributed by atoms with E-state index in [0.29, 0.717) is 29.6 Å². The summed E-state index contributed by atoms with van der Waals surface area (Å²) >= 11 is 12.0. The molecule has 0 aliphatic heterocycles. The molecule has 22 heavy (non-hydrogen) atoms. The van der Waals surface area contributed by atoms with Crippen LogP contribution in [0.4, 0.5) is 0 Å². The quantitative estimate of drug-likeness (QED) is 0.862. The summed E-state index contributed by atoms with van der Waals surface area (Å²) in [6.07, 6.45) is 0.529. The van der Waals surface area contributed by atoms with Gasteiger partial charge in [-0.25, -0.2) is 0 Å². The third kappa shape index (κ3) is 2.98. The van der Waals surface area contributed by atoms with Gasteiger partial charge in [0.15, 0.2) is 0 Å². The van der Waals surface area contributed by atoms with Crippen LogP contribution in [0.1, 0.15) is 32.8 Å². The van der Waals surface area contributed by atoms with E-state index in [-0.39, 0.29) is 12.0 Å². The summed E-state index contributed by atoms with van der Waals surface area (Å²) in [5.41, 5.74) is 5.80. The highest BCUT2D eigenvalue weighted by molar-refractivity contribution is 6.35. The molecule has 2 rings (SSSR count). The maximum atomic E-state index is 12.5. The number of rotatable bonds is 5. The van der Waals surface area contributed by atoms with Gasteiger partial charge in [0.25, 0.3) is 0 Å². The highest BCUT2D eigenvalue weighted by Crippen LogP contribution is 2.49. The van der Waals surface area contributed by atoms with Gasteiger partial charge in [-0.15, -0.1) is 0 Å². The van der Waals surface area contributed by atoms with Gasteiger partial charge in [-0.1, -0.05) is 43.1 Å². The Kier molecular flexibility index (Phi) is 5.07. The summed E-state index contributed by atoms with van der Waals surface area (Å²) in [6.45, 7) is 6.81. The van der Waals surface area contributed by atoms with E-state index in [1.807, 2.05) is 20.8 Å². The number of hydrogen-bond acceptors (Lipinski definition) is 3. The molecule has 1 aromatic carbocycles. The molecule has 0 spiro atoms. The van der Waals surface area contributed by atoms with Crippen molar-refractivity contribution in [3.05, 3.63) is 33.8 Å². The average Bonchev–Trinajstić information content (AvgIpc) is 2.45. The number of halogens is 2. The molecule has 1 fully saturated rings. The molecule has 0 saturated heterocycles. The molecule has 1 saturated carbocycles. The van der Waals surface area contributed by atoms with Gasteiger partial charge in [-0.05, 0) is 24.6 Å². The Morgan fingerprint density at radius 3 is 2.68 bits per heavy atom. The van der Waals surface area contributed by atoms with Crippen LogP contribution in [-0.2, 0) is 16.1 Å². The van der Waals surface area contributed by atoms with E-state index >= 15 is 0 Å². The van der Waals surface area contributed by atoms with Crippen LogP contribution in [0.15, 0.2) is 18.2 Å². The van der Waals surface area contributed by atoms with Crippen LogP contribution in [0, 0.1) is 5.41 Å². The van der Waals surface area contributed by atoms with Gasteiger partial charge in [0.2, 0.25) is 5.91 Å². The summed E-state index contributed by atoms with van der Waals surface area (Å²) in [5.74, 6) is -0.181. The Balaban J connectivity index is 2.01. The minimum atomic E-state index is -0.925. The lowest BCUT2D eigenvalue weighted by Gasteiger charge is -2.57. The molecule has 3 N–H and O–H groups in total. The van der Waals surface area contributed by atoms with Crippen molar-refractivity contribution < 1.29 is 9.53 Å². The zero-order valence-electron chi connectivity index (χ0n) is 13.1. The van der Waals surface area contributed by atoms with Crippen molar-refractivity contribution >= 4 is 29.1 Å². The first kappa shape index (κ1) is 17.5. The van der Waals surface area contributed by atoms with Crippen LogP contribution in [-0.4, -0.2) is 24.2 Å². The first-order valence-corrected chi connectivity index (χ1v) is 8.10. The van der Waals surface area contributed by atoms with Crippen LogP contribution in [0.5, 0.6) is 0 Å². The number of carbonyl (C=O) groups excluding carboxylic acids is 1. The van der Waals surface area contributed by atoms with E-state index in [1.54, 1.807) is 18.2 Å². The molecular weight excluding hydrogens is 323 g/mol. The maximum Gasteiger partial charge on any atom is 0.241 e. The second-order valence-electron chi connectivity index (χ2n) is 6.26. The molecule has 1 aromatic rings. The number of nitrogens with one attached hydrogen (secondary N) is 1. The van der Waals surface area contributed by atoms with Crippen LogP contribution in [0.25, 0.3) is 0 Å². The van der Waals surface area contributed by atoms with Crippen LogP contribution >= 0.6 is 23.2 Å². The van der Waals surface area contributed by atoms with Crippen molar-refractivity contribution in [3.8, 4) is 0 Å². The number of hydrogen-bond donors (Lipinski definition) is 2. The number of nitrogens with two attached hydrogens (primary N) is 1. The Morgan fingerprint density at radius 2 is 2.14 bits per heavy atom. The van der Waals surface area contributed by atoms with Gasteiger partial charge in [-0.2, -0.15) is 0 Å². The largest absolute Gasteiger partial charge is 0.378 e. The first-order valence-electron chi connectivity index (χ1n) is 7.35. The fourth-order valence-electron chi connectivity index (χ4n) is 2.82. The molecule has 0 bridgehead atoms. The third-order valence-electron chi connectivity index (χ3n) is 4.69. The molecule has 1 aliphatic rings. The molecule has 1 amide bonds. The summed E-state index contributed by atoms with van der Waals surface area (Å²) < 4.78 is 5.64. The molecule has 122 valence electrons. The molecule has 4 nitrogen and oxygen atoms in total. The number of ether oxygens (including phenoxy) is 1. The summed E-state index contributed by atoms with van der Waals surface area (Å²) in [6, 6.07) is 5.19. The maximum absolute atomic E-state index is 12.5. The lowest BCUT2D eigenvalue weighted by molar-refractivity contribution is -0.170. The number of amides is 1. The Bertz CT molecular complexity index is 577. The van der Waals surface area contributed by atoms with Gasteiger partial charge in [0.1, 0.15) is 5.54 Å². The normalized spacial score (nSPS) is 26.4. The predicted molar refractivity (Wildman–Crippen MR) is 89.0 cm³/mol. The molecule has 6 heteroatoms. The lowest BCUT2D eigenvalue weighted by Crippen LogP contribution is -2.75. The second kappa shape index (κ2) is 6.36. The third-order valence-corrected chi connectivity index (χ3v) is 5.28. The molecule has 0 aromatic heterocycles.